The molecule has 0 aliphatic carbocycles. The Labute approximate surface area is 114 Å². The molecule has 2 aliphatic heterocycles. The summed E-state index contributed by atoms with van der Waals surface area (Å²) >= 11 is 2.09. The molecule has 2 aliphatic rings. The van der Waals surface area contributed by atoms with Gasteiger partial charge in [0.05, 0.1) is 0 Å². The molecule has 1 aromatic rings. The van der Waals surface area contributed by atoms with Crippen LogP contribution in [0.3, 0.4) is 0 Å². The van der Waals surface area contributed by atoms with Crippen molar-refractivity contribution in [3.8, 4) is 0 Å². The molecule has 98 valence electrons. The van der Waals surface area contributed by atoms with E-state index in [1.807, 2.05) is 0 Å². The van der Waals surface area contributed by atoms with Crippen LogP contribution in [0.15, 0.2) is 24.3 Å². The Hall–Kier alpha value is -0.510. The summed E-state index contributed by atoms with van der Waals surface area (Å²) in [6, 6.07) is 9.65. The summed E-state index contributed by atoms with van der Waals surface area (Å²) in [6.45, 7) is 4.85. The molecule has 1 N–H and O–H groups in total. The minimum atomic E-state index is 0.699. The van der Waals surface area contributed by atoms with Crippen molar-refractivity contribution in [2.45, 2.75) is 18.9 Å². The van der Waals surface area contributed by atoms with Crippen molar-refractivity contribution in [2.24, 2.45) is 0 Å². The number of hydrogen-bond acceptors (Lipinski definition) is 3. The molecule has 2 heterocycles. The van der Waals surface area contributed by atoms with Crippen LogP contribution < -0.4 is 5.32 Å². The number of hydrogen-bond donors (Lipinski definition) is 1. The zero-order valence-corrected chi connectivity index (χ0v) is 11.7. The summed E-state index contributed by atoms with van der Waals surface area (Å²) in [6.07, 6.45) is 2.44. The largest absolute Gasteiger partial charge is 0.311 e. The average Bonchev–Trinajstić information content (AvgIpc) is 2.63. The van der Waals surface area contributed by atoms with Crippen molar-refractivity contribution in [1.82, 2.24) is 10.2 Å². The van der Waals surface area contributed by atoms with Gasteiger partial charge in [-0.25, -0.2) is 0 Å². The lowest BCUT2D eigenvalue weighted by atomic mass is 10.0. The molecule has 18 heavy (non-hydrogen) atoms. The number of thioether (sulfide) groups is 1. The first-order valence-electron chi connectivity index (χ1n) is 7.02. The first-order valence-corrected chi connectivity index (χ1v) is 8.17. The maximum Gasteiger partial charge on any atom is 0.0285 e. The SMILES string of the molecule is c1ccc2c(c1)CCN(CC1CSCCN1)CC2. The molecule has 1 atom stereocenters. The van der Waals surface area contributed by atoms with Gasteiger partial charge in [0.2, 0.25) is 0 Å². The van der Waals surface area contributed by atoms with Crippen molar-refractivity contribution < 1.29 is 0 Å². The van der Waals surface area contributed by atoms with E-state index in [9.17, 15) is 0 Å². The van der Waals surface area contributed by atoms with Gasteiger partial charge >= 0.3 is 0 Å². The monoisotopic (exact) mass is 262 g/mol. The Morgan fingerprint density at radius 3 is 2.50 bits per heavy atom. The highest BCUT2D eigenvalue weighted by atomic mass is 32.2. The number of benzene rings is 1. The van der Waals surface area contributed by atoms with Crippen LogP contribution in [0.25, 0.3) is 0 Å². The van der Waals surface area contributed by atoms with Crippen LogP contribution in [0, 0.1) is 0 Å². The molecule has 1 aromatic carbocycles. The fraction of sp³-hybridized carbons (Fsp3) is 0.600. The summed E-state index contributed by atoms with van der Waals surface area (Å²) in [5, 5.41) is 3.65. The van der Waals surface area contributed by atoms with Crippen LogP contribution in [-0.2, 0) is 12.8 Å². The van der Waals surface area contributed by atoms with Gasteiger partial charge in [0, 0.05) is 43.7 Å². The smallest absolute Gasteiger partial charge is 0.0285 e. The molecular weight excluding hydrogens is 240 g/mol. The van der Waals surface area contributed by atoms with Gasteiger partial charge in [-0.2, -0.15) is 11.8 Å². The van der Waals surface area contributed by atoms with Crippen LogP contribution in [0.1, 0.15) is 11.1 Å². The maximum absolute atomic E-state index is 3.65. The standard InChI is InChI=1S/C15H22N2S/c1-2-4-14-6-9-17(8-5-13(14)3-1)11-15-12-18-10-7-16-15/h1-4,15-16H,5-12H2. The predicted octanol–water partition coefficient (Wildman–Crippen LogP) is 1.79. The van der Waals surface area contributed by atoms with Crippen molar-refractivity contribution in [3.63, 3.8) is 0 Å². The normalized spacial score (nSPS) is 25.4. The van der Waals surface area contributed by atoms with E-state index >= 15 is 0 Å². The van der Waals surface area contributed by atoms with E-state index in [4.69, 9.17) is 0 Å². The highest BCUT2D eigenvalue weighted by Gasteiger charge is 2.19. The molecule has 0 radical (unpaired) electrons. The van der Waals surface area contributed by atoms with Crippen LogP contribution >= 0.6 is 11.8 Å². The molecule has 1 saturated heterocycles. The molecule has 0 saturated carbocycles. The van der Waals surface area contributed by atoms with Gasteiger partial charge in [0.25, 0.3) is 0 Å². The van der Waals surface area contributed by atoms with Crippen LogP contribution in [0.4, 0.5) is 0 Å². The molecule has 0 amide bonds. The second-order valence-corrected chi connectivity index (χ2v) is 6.45. The molecule has 2 nitrogen and oxygen atoms in total. The topological polar surface area (TPSA) is 15.3 Å². The quantitative estimate of drug-likeness (QED) is 0.875. The third-order valence-electron chi connectivity index (χ3n) is 3.99. The van der Waals surface area contributed by atoms with Gasteiger partial charge in [-0.15, -0.1) is 0 Å². The van der Waals surface area contributed by atoms with Gasteiger partial charge in [-0.3, -0.25) is 0 Å². The summed E-state index contributed by atoms with van der Waals surface area (Å²) in [5.41, 5.74) is 3.12. The first-order chi connectivity index (χ1) is 8.92. The summed E-state index contributed by atoms with van der Waals surface area (Å²) < 4.78 is 0. The Morgan fingerprint density at radius 1 is 1.17 bits per heavy atom. The fourth-order valence-electron chi connectivity index (χ4n) is 2.95. The molecule has 1 fully saturated rings. The molecule has 3 heteroatoms. The lowest BCUT2D eigenvalue weighted by Crippen LogP contribution is -2.46. The van der Waals surface area contributed by atoms with Crippen molar-refractivity contribution in [1.29, 1.82) is 0 Å². The number of fused-ring (bicyclic) bond motifs is 1. The highest BCUT2D eigenvalue weighted by Crippen LogP contribution is 2.16. The lowest BCUT2D eigenvalue weighted by molar-refractivity contribution is 0.260. The van der Waals surface area contributed by atoms with E-state index in [0.29, 0.717) is 6.04 Å². The Morgan fingerprint density at radius 2 is 1.89 bits per heavy atom. The van der Waals surface area contributed by atoms with E-state index in [1.165, 1.54) is 50.5 Å². The van der Waals surface area contributed by atoms with E-state index in [1.54, 1.807) is 11.1 Å². The molecule has 0 aromatic heterocycles. The van der Waals surface area contributed by atoms with Crippen LogP contribution in [0.2, 0.25) is 0 Å². The maximum atomic E-state index is 3.65. The number of nitrogens with one attached hydrogen (secondary N) is 1. The van der Waals surface area contributed by atoms with Crippen LogP contribution in [-0.4, -0.2) is 48.6 Å². The number of nitrogens with zero attached hydrogens (tertiary/aromatic N) is 1. The fourth-order valence-corrected chi connectivity index (χ4v) is 3.88. The van der Waals surface area contributed by atoms with Gasteiger partial charge in [-0.05, 0) is 24.0 Å². The zero-order chi connectivity index (χ0) is 12.2. The average molecular weight is 262 g/mol. The molecule has 0 spiro atoms. The molecule has 3 rings (SSSR count). The third-order valence-corrected chi connectivity index (χ3v) is 5.12. The Bertz CT molecular complexity index is 361. The Balaban J connectivity index is 1.57. The predicted molar refractivity (Wildman–Crippen MR) is 79.4 cm³/mol. The summed E-state index contributed by atoms with van der Waals surface area (Å²) in [5.74, 6) is 2.56. The third kappa shape index (κ3) is 3.08. The molecular formula is C15H22N2S. The highest BCUT2D eigenvalue weighted by molar-refractivity contribution is 7.99. The summed E-state index contributed by atoms with van der Waals surface area (Å²) in [7, 11) is 0. The van der Waals surface area contributed by atoms with E-state index in [2.05, 4.69) is 46.2 Å². The molecule has 1 unspecified atom stereocenters. The van der Waals surface area contributed by atoms with E-state index in [-0.39, 0.29) is 0 Å². The Kier molecular flexibility index (Phi) is 4.24. The minimum Gasteiger partial charge on any atom is -0.311 e. The van der Waals surface area contributed by atoms with Crippen molar-refractivity contribution >= 4 is 11.8 Å². The van der Waals surface area contributed by atoms with E-state index < -0.39 is 0 Å². The lowest BCUT2D eigenvalue weighted by Gasteiger charge is -2.29. The second kappa shape index (κ2) is 6.09. The minimum absolute atomic E-state index is 0.699. The summed E-state index contributed by atoms with van der Waals surface area (Å²) in [4.78, 5) is 2.64. The van der Waals surface area contributed by atoms with Gasteiger partial charge in [0.1, 0.15) is 0 Å². The molecule has 0 bridgehead atoms. The first kappa shape index (κ1) is 12.5. The van der Waals surface area contributed by atoms with Crippen LogP contribution in [0.5, 0.6) is 0 Å². The van der Waals surface area contributed by atoms with E-state index in [0.717, 1.165) is 0 Å². The van der Waals surface area contributed by atoms with Gasteiger partial charge in [0.15, 0.2) is 0 Å². The van der Waals surface area contributed by atoms with Gasteiger partial charge in [-0.1, -0.05) is 24.3 Å². The van der Waals surface area contributed by atoms with Crippen molar-refractivity contribution in [3.05, 3.63) is 35.4 Å². The number of rotatable bonds is 2. The zero-order valence-electron chi connectivity index (χ0n) is 10.9. The second-order valence-electron chi connectivity index (χ2n) is 5.30. The van der Waals surface area contributed by atoms with Gasteiger partial charge < -0.3 is 10.2 Å². The van der Waals surface area contributed by atoms with Crippen molar-refractivity contribution in [2.75, 3.05) is 37.7 Å².